The van der Waals surface area contributed by atoms with Gasteiger partial charge in [0.25, 0.3) is 0 Å². The number of carbonyl (C=O) groups is 1. The number of hydrogen-bond donors (Lipinski definition) is 0. The molecular weight excluding hydrogens is 234 g/mol. The molecule has 2 rings (SSSR count). The first-order valence-electron chi connectivity index (χ1n) is 8.13. The van der Waals surface area contributed by atoms with Crippen molar-refractivity contribution in [3.63, 3.8) is 0 Å². The number of aldehydes is 1. The van der Waals surface area contributed by atoms with Gasteiger partial charge in [-0.05, 0) is 51.0 Å². The van der Waals surface area contributed by atoms with Crippen molar-refractivity contribution in [3.05, 3.63) is 0 Å². The van der Waals surface area contributed by atoms with Crippen LogP contribution >= 0.6 is 0 Å². The lowest BCUT2D eigenvalue weighted by Crippen LogP contribution is -2.45. The van der Waals surface area contributed by atoms with Crippen molar-refractivity contribution >= 4 is 6.29 Å². The second-order valence-corrected chi connectivity index (χ2v) is 7.85. The molecule has 19 heavy (non-hydrogen) atoms. The van der Waals surface area contributed by atoms with Gasteiger partial charge >= 0.3 is 0 Å². The van der Waals surface area contributed by atoms with E-state index >= 15 is 0 Å². The Morgan fingerprint density at radius 2 is 1.63 bits per heavy atom. The van der Waals surface area contributed by atoms with Crippen molar-refractivity contribution in [1.82, 2.24) is 4.90 Å². The monoisotopic (exact) mass is 265 g/mol. The number of carbonyl (C=O) groups excluding carboxylic acids is 1. The van der Waals surface area contributed by atoms with Crippen LogP contribution in [-0.4, -0.2) is 30.8 Å². The van der Waals surface area contributed by atoms with E-state index in [1.54, 1.807) is 0 Å². The molecule has 0 aliphatic heterocycles. The molecule has 2 aliphatic carbocycles. The molecule has 0 atom stereocenters. The number of rotatable bonds is 4. The van der Waals surface area contributed by atoms with Crippen LogP contribution in [0.25, 0.3) is 0 Å². The van der Waals surface area contributed by atoms with E-state index in [9.17, 15) is 4.79 Å². The molecule has 0 unspecified atom stereocenters. The summed E-state index contributed by atoms with van der Waals surface area (Å²) >= 11 is 0. The van der Waals surface area contributed by atoms with E-state index in [0.29, 0.717) is 11.5 Å². The highest BCUT2D eigenvalue weighted by molar-refractivity contribution is 5.60. The molecule has 110 valence electrons. The van der Waals surface area contributed by atoms with E-state index in [0.717, 1.165) is 19.4 Å². The fraction of sp³-hybridized carbons (Fsp3) is 0.941. The van der Waals surface area contributed by atoms with Gasteiger partial charge in [-0.1, -0.05) is 33.1 Å². The van der Waals surface area contributed by atoms with Crippen molar-refractivity contribution < 1.29 is 4.79 Å². The van der Waals surface area contributed by atoms with E-state index in [1.165, 1.54) is 51.2 Å². The molecule has 2 heteroatoms. The first-order chi connectivity index (χ1) is 8.96. The van der Waals surface area contributed by atoms with E-state index in [4.69, 9.17) is 0 Å². The predicted molar refractivity (Wildman–Crippen MR) is 80.2 cm³/mol. The second kappa shape index (κ2) is 5.95. The van der Waals surface area contributed by atoms with Gasteiger partial charge in [0.05, 0.1) is 0 Å². The summed E-state index contributed by atoms with van der Waals surface area (Å²) in [4.78, 5) is 14.1. The molecule has 0 N–H and O–H groups in total. The van der Waals surface area contributed by atoms with Crippen molar-refractivity contribution in [3.8, 4) is 0 Å². The lowest BCUT2D eigenvalue weighted by molar-refractivity contribution is -0.119. The summed E-state index contributed by atoms with van der Waals surface area (Å²) in [7, 11) is 2.24. The van der Waals surface area contributed by atoms with Crippen LogP contribution in [0.15, 0.2) is 0 Å². The molecule has 2 fully saturated rings. The zero-order valence-electron chi connectivity index (χ0n) is 13.1. The van der Waals surface area contributed by atoms with Gasteiger partial charge in [0.15, 0.2) is 0 Å². The van der Waals surface area contributed by atoms with Crippen molar-refractivity contribution in [2.45, 2.75) is 77.7 Å². The Morgan fingerprint density at radius 3 is 2.16 bits per heavy atom. The molecule has 0 aromatic heterocycles. The Morgan fingerprint density at radius 1 is 1.05 bits per heavy atom. The van der Waals surface area contributed by atoms with Crippen LogP contribution in [0.5, 0.6) is 0 Å². The minimum atomic E-state index is -0.0278. The first-order valence-corrected chi connectivity index (χ1v) is 8.13. The van der Waals surface area contributed by atoms with Crippen LogP contribution in [0.2, 0.25) is 0 Å². The van der Waals surface area contributed by atoms with Crippen LogP contribution in [0.1, 0.15) is 71.6 Å². The molecule has 0 aromatic rings. The van der Waals surface area contributed by atoms with E-state index in [2.05, 4.69) is 25.8 Å². The van der Waals surface area contributed by atoms with Gasteiger partial charge in [0.2, 0.25) is 0 Å². The maximum absolute atomic E-state index is 11.6. The van der Waals surface area contributed by atoms with E-state index in [-0.39, 0.29) is 5.41 Å². The summed E-state index contributed by atoms with van der Waals surface area (Å²) in [6, 6.07) is 0.701. The Hall–Kier alpha value is -0.370. The Bertz CT molecular complexity index is 294. The lowest BCUT2D eigenvalue weighted by Gasteiger charge is -2.42. The van der Waals surface area contributed by atoms with Gasteiger partial charge < -0.3 is 9.69 Å². The third kappa shape index (κ3) is 3.81. The number of nitrogens with zero attached hydrogens (tertiary/aromatic N) is 1. The molecule has 0 aromatic carbocycles. The molecule has 0 heterocycles. The molecule has 2 nitrogen and oxygen atoms in total. The SMILES string of the molecule is CN(CC1(C=O)CCCCC1)C1CCC(C)(C)CC1. The van der Waals surface area contributed by atoms with Crippen LogP contribution in [-0.2, 0) is 4.79 Å². The standard InChI is InChI=1S/C17H31NO/c1-16(2)11-7-15(8-12-16)18(3)13-17(14-19)9-5-4-6-10-17/h14-15H,4-13H2,1-3H3. The smallest absolute Gasteiger partial charge is 0.127 e. The minimum Gasteiger partial charge on any atom is -0.303 e. The molecule has 0 radical (unpaired) electrons. The molecule has 2 saturated carbocycles. The lowest BCUT2D eigenvalue weighted by atomic mass is 9.73. The van der Waals surface area contributed by atoms with Crippen LogP contribution in [0.4, 0.5) is 0 Å². The van der Waals surface area contributed by atoms with Crippen LogP contribution in [0.3, 0.4) is 0 Å². The summed E-state index contributed by atoms with van der Waals surface area (Å²) in [5, 5.41) is 0. The Balaban J connectivity index is 1.89. The molecule has 2 aliphatic rings. The maximum Gasteiger partial charge on any atom is 0.127 e. The normalized spacial score (nSPS) is 27.4. The minimum absolute atomic E-state index is 0.0278. The summed E-state index contributed by atoms with van der Waals surface area (Å²) in [6.07, 6.45) is 12.6. The molecule has 0 spiro atoms. The second-order valence-electron chi connectivity index (χ2n) is 7.85. The van der Waals surface area contributed by atoms with Gasteiger partial charge in [0.1, 0.15) is 6.29 Å². The van der Waals surface area contributed by atoms with Crippen LogP contribution < -0.4 is 0 Å². The predicted octanol–water partition coefficient (Wildman–Crippen LogP) is 4.04. The molecule has 0 saturated heterocycles. The van der Waals surface area contributed by atoms with E-state index in [1.807, 2.05) is 0 Å². The zero-order valence-corrected chi connectivity index (χ0v) is 13.1. The van der Waals surface area contributed by atoms with Gasteiger partial charge in [-0.15, -0.1) is 0 Å². The summed E-state index contributed by atoms with van der Waals surface area (Å²) in [5.74, 6) is 0. The summed E-state index contributed by atoms with van der Waals surface area (Å²) < 4.78 is 0. The third-order valence-corrected chi connectivity index (χ3v) is 5.60. The van der Waals surface area contributed by atoms with Crippen molar-refractivity contribution in [1.29, 1.82) is 0 Å². The van der Waals surface area contributed by atoms with Gasteiger partial charge in [-0.25, -0.2) is 0 Å². The average Bonchev–Trinajstić information content (AvgIpc) is 2.39. The third-order valence-electron chi connectivity index (χ3n) is 5.60. The molecular formula is C17H31NO. The highest BCUT2D eigenvalue weighted by Crippen LogP contribution is 2.39. The highest BCUT2D eigenvalue weighted by atomic mass is 16.1. The van der Waals surface area contributed by atoms with Gasteiger partial charge in [0, 0.05) is 18.0 Å². The molecule has 0 bridgehead atoms. The quantitative estimate of drug-likeness (QED) is 0.715. The highest BCUT2D eigenvalue weighted by Gasteiger charge is 2.36. The van der Waals surface area contributed by atoms with E-state index < -0.39 is 0 Å². The molecule has 0 amide bonds. The largest absolute Gasteiger partial charge is 0.303 e. The zero-order chi connectivity index (χ0) is 13.9. The summed E-state index contributed by atoms with van der Waals surface area (Å²) in [6.45, 7) is 5.76. The maximum atomic E-state index is 11.6. The topological polar surface area (TPSA) is 20.3 Å². The summed E-state index contributed by atoms with van der Waals surface area (Å²) in [5.41, 5.74) is 0.504. The first kappa shape index (κ1) is 15.0. The van der Waals surface area contributed by atoms with Gasteiger partial charge in [-0.2, -0.15) is 0 Å². The number of hydrogen-bond acceptors (Lipinski definition) is 2. The van der Waals surface area contributed by atoms with Crippen molar-refractivity contribution in [2.75, 3.05) is 13.6 Å². The fourth-order valence-electron chi connectivity index (χ4n) is 4.02. The average molecular weight is 265 g/mol. The Kier molecular flexibility index (Phi) is 4.70. The van der Waals surface area contributed by atoms with Crippen molar-refractivity contribution in [2.24, 2.45) is 10.8 Å². The van der Waals surface area contributed by atoms with Gasteiger partial charge in [-0.3, -0.25) is 0 Å². The fourth-order valence-corrected chi connectivity index (χ4v) is 4.02. The Labute approximate surface area is 118 Å². The van der Waals surface area contributed by atoms with Crippen LogP contribution in [0, 0.1) is 10.8 Å².